The third-order valence-corrected chi connectivity index (χ3v) is 1.36. The van der Waals surface area contributed by atoms with Crippen LogP contribution < -0.4 is 5.32 Å². The fourth-order valence-corrected chi connectivity index (χ4v) is 0.599. The van der Waals surface area contributed by atoms with Gasteiger partial charge in [-0.05, 0) is 0 Å². The molecule has 0 radical (unpaired) electrons. The maximum Gasteiger partial charge on any atom is 0.401 e. The molecule has 0 rings (SSSR count). The second kappa shape index (κ2) is 4.09. The Morgan fingerprint density at radius 1 is 1.17 bits per heavy atom. The highest BCUT2D eigenvalue weighted by molar-refractivity contribution is 4.70. The van der Waals surface area contributed by atoms with Crippen LogP contribution in [0.15, 0.2) is 0 Å². The van der Waals surface area contributed by atoms with Gasteiger partial charge in [0, 0.05) is 18.6 Å². The first kappa shape index (κ1) is 11.7. The lowest BCUT2D eigenvalue weighted by Gasteiger charge is -2.22. The van der Waals surface area contributed by atoms with Gasteiger partial charge in [-0.2, -0.15) is 13.2 Å². The molecule has 0 aromatic rings. The molecule has 0 bridgehead atoms. The third-order valence-electron chi connectivity index (χ3n) is 1.36. The molecule has 0 amide bonds. The molecule has 0 saturated carbocycles. The number of halogens is 3. The lowest BCUT2D eigenvalue weighted by molar-refractivity contribution is -0.125. The van der Waals surface area contributed by atoms with E-state index >= 15 is 0 Å². The summed E-state index contributed by atoms with van der Waals surface area (Å²) in [4.78, 5) is 0. The Balaban J connectivity index is 3.57. The van der Waals surface area contributed by atoms with Gasteiger partial charge < -0.3 is 10.4 Å². The van der Waals surface area contributed by atoms with Gasteiger partial charge in [-0.15, -0.1) is 0 Å². The average molecular weight is 185 g/mol. The van der Waals surface area contributed by atoms with Gasteiger partial charge in [-0.3, -0.25) is 0 Å². The Morgan fingerprint density at radius 2 is 1.67 bits per heavy atom. The van der Waals surface area contributed by atoms with Crippen molar-refractivity contribution in [3.05, 3.63) is 0 Å². The molecule has 2 nitrogen and oxygen atoms in total. The highest BCUT2D eigenvalue weighted by atomic mass is 19.4. The lowest BCUT2D eigenvalue weighted by Crippen LogP contribution is -2.37. The van der Waals surface area contributed by atoms with E-state index < -0.39 is 18.1 Å². The molecule has 0 spiro atoms. The van der Waals surface area contributed by atoms with Gasteiger partial charge in [0.1, 0.15) is 0 Å². The Morgan fingerprint density at radius 3 is 2.00 bits per heavy atom. The monoisotopic (exact) mass is 185 g/mol. The van der Waals surface area contributed by atoms with Crippen molar-refractivity contribution in [2.45, 2.75) is 20.0 Å². The Bertz CT molecular complexity index is 133. The van der Waals surface area contributed by atoms with Crippen molar-refractivity contribution in [2.75, 3.05) is 19.7 Å². The minimum absolute atomic E-state index is 0.127. The fourth-order valence-electron chi connectivity index (χ4n) is 0.599. The van der Waals surface area contributed by atoms with Gasteiger partial charge in [-0.25, -0.2) is 0 Å². The highest BCUT2D eigenvalue weighted by Crippen LogP contribution is 2.15. The van der Waals surface area contributed by atoms with Crippen LogP contribution >= 0.6 is 0 Å². The zero-order valence-electron chi connectivity index (χ0n) is 7.20. The number of hydrogen-bond acceptors (Lipinski definition) is 2. The van der Waals surface area contributed by atoms with Crippen LogP contribution in [0.4, 0.5) is 13.2 Å². The van der Waals surface area contributed by atoms with Crippen molar-refractivity contribution in [2.24, 2.45) is 5.41 Å². The molecule has 12 heavy (non-hydrogen) atoms. The molecule has 5 heteroatoms. The second-order valence-corrected chi connectivity index (χ2v) is 3.54. The minimum atomic E-state index is -4.18. The van der Waals surface area contributed by atoms with Crippen molar-refractivity contribution in [1.82, 2.24) is 5.32 Å². The van der Waals surface area contributed by atoms with E-state index in [0.29, 0.717) is 0 Å². The molecule has 0 unspecified atom stereocenters. The summed E-state index contributed by atoms with van der Waals surface area (Å²) in [5.74, 6) is 0. The number of rotatable bonds is 4. The first-order chi connectivity index (χ1) is 5.27. The molecule has 0 aliphatic carbocycles. The van der Waals surface area contributed by atoms with Crippen LogP contribution in [-0.4, -0.2) is 31.0 Å². The lowest BCUT2D eigenvalue weighted by atomic mass is 9.95. The summed E-state index contributed by atoms with van der Waals surface area (Å²) in [5, 5.41) is 10.9. The molecule has 0 saturated heterocycles. The van der Waals surface area contributed by atoms with Crippen LogP contribution in [0.1, 0.15) is 13.8 Å². The van der Waals surface area contributed by atoms with E-state index in [2.05, 4.69) is 5.32 Å². The Kier molecular flexibility index (Phi) is 3.99. The summed E-state index contributed by atoms with van der Waals surface area (Å²) in [6, 6.07) is 0. The van der Waals surface area contributed by atoms with Crippen LogP contribution in [0.5, 0.6) is 0 Å². The van der Waals surface area contributed by atoms with E-state index in [9.17, 15) is 13.2 Å². The van der Waals surface area contributed by atoms with Gasteiger partial charge in [0.25, 0.3) is 0 Å². The standard InChI is InChI=1S/C7H14F3NO/c1-6(2,5-12)3-11-4-7(8,9)10/h11-12H,3-5H2,1-2H3. The van der Waals surface area contributed by atoms with Crippen molar-refractivity contribution in [1.29, 1.82) is 0 Å². The van der Waals surface area contributed by atoms with Gasteiger partial charge in [-0.1, -0.05) is 13.8 Å². The summed E-state index contributed by atoms with van der Waals surface area (Å²) in [5.41, 5.74) is -0.495. The minimum Gasteiger partial charge on any atom is -0.396 e. The zero-order valence-corrected chi connectivity index (χ0v) is 7.20. The van der Waals surface area contributed by atoms with E-state index in [1.54, 1.807) is 13.8 Å². The van der Waals surface area contributed by atoms with Crippen LogP contribution in [0.25, 0.3) is 0 Å². The molecular weight excluding hydrogens is 171 g/mol. The largest absolute Gasteiger partial charge is 0.401 e. The van der Waals surface area contributed by atoms with Crippen LogP contribution in [0.2, 0.25) is 0 Å². The number of hydrogen-bond donors (Lipinski definition) is 2. The molecule has 0 aromatic carbocycles. The second-order valence-electron chi connectivity index (χ2n) is 3.54. The van der Waals surface area contributed by atoms with Gasteiger partial charge in [0.2, 0.25) is 0 Å². The number of aliphatic hydroxyl groups excluding tert-OH is 1. The van der Waals surface area contributed by atoms with Gasteiger partial charge >= 0.3 is 6.18 Å². The first-order valence-corrected chi connectivity index (χ1v) is 3.65. The van der Waals surface area contributed by atoms with E-state index in [1.165, 1.54) is 0 Å². The van der Waals surface area contributed by atoms with Crippen molar-refractivity contribution < 1.29 is 18.3 Å². The number of nitrogens with one attached hydrogen (secondary N) is 1. The Hall–Kier alpha value is -0.290. The van der Waals surface area contributed by atoms with Crippen LogP contribution in [-0.2, 0) is 0 Å². The van der Waals surface area contributed by atoms with Crippen LogP contribution in [0, 0.1) is 5.41 Å². The topological polar surface area (TPSA) is 32.3 Å². The van der Waals surface area contributed by atoms with E-state index in [0.717, 1.165) is 0 Å². The molecule has 0 fully saturated rings. The molecule has 74 valence electrons. The molecule has 0 aliphatic rings. The van der Waals surface area contributed by atoms with E-state index in [-0.39, 0.29) is 13.2 Å². The molecular formula is C7H14F3NO. The molecule has 0 atom stereocenters. The number of alkyl halides is 3. The quantitative estimate of drug-likeness (QED) is 0.688. The van der Waals surface area contributed by atoms with Crippen LogP contribution in [0.3, 0.4) is 0 Å². The molecule has 0 aliphatic heterocycles. The molecule has 2 N–H and O–H groups in total. The summed E-state index contributed by atoms with van der Waals surface area (Å²) in [7, 11) is 0. The Labute approximate surface area is 69.8 Å². The maximum absolute atomic E-state index is 11.6. The molecule has 0 heterocycles. The van der Waals surface area contributed by atoms with E-state index in [1.807, 2.05) is 0 Å². The number of aliphatic hydroxyl groups is 1. The van der Waals surface area contributed by atoms with Crippen molar-refractivity contribution >= 4 is 0 Å². The SMILES string of the molecule is CC(C)(CO)CNCC(F)(F)F. The predicted octanol–water partition coefficient (Wildman–Crippen LogP) is 1.16. The fraction of sp³-hybridized carbons (Fsp3) is 1.00. The highest BCUT2D eigenvalue weighted by Gasteiger charge is 2.27. The molecule has 0 aromatic heterocycles. The third kappa shape index (κ3) is 6.42. The smallest absolute Gasteiger partial charge is 0.396 e. The zero-order chi connectivity index (χ0) is 9.83. The normalized spacial score (nSPS) is 13.5. The summed E-state index contributed by atoms with van der Waals surface area (Å²) >= 11 is 0. The predicted molar refractivity (Wildman–Crippen MR) is 39.8 cm³/mol. The van der Waals surface area contributed by atoms with Gasteiger partial charge in [0.05, 0.1) is 6.54 Å². The van der Waals surface area contributed by atoms with Gasteiger partial charge in [0.15, 0.2) is 0 Å². The van der Waals surface area contributed by atoms with E-state index in [4.69, 9.17) is 5.11 Å². The first-order valence-electron chi connectivity index (χ1n) is 3.65. The maximum atomic E-state index is 11.6. The van der Waals surface area contributed by atoms with Crippen molar-refractivity contribution in [3.63, 3.8) is 0 Å². The van der Waals surface area contributed by atoms with Crippen molar-refractivity contribution in [3.8, 4) is 0 Å². The average Bonchev–Trinajstić information content (AvgIpc) is 1.84. The summed E-state index contributed by atoms with van der Waals surface area (Å²) < 4.78 is 34.8. The summed E-state index contributed by atoms with van der Waals surface area (Å²) in [6.45, 7) is 2.41. The summed E-state index contributed by atoms with van der Waals surface area (Å²) in [6.07, 6.45) is -4.18.